The highest BCUT2D eigenvalue weighted by molar-refractivity contribution is 5.89. The fourth-order valence-corrected chi connectivity index (χ4v) is 3.18. The number of aryl methyl sites for hydroxylation is 2. The van der Waals surface area contributed by atoms with E-state index in [1.807, 2.05) is 13.8 Å². The zero-order chi connectivity index (χ0) is 21.8. The predicted molar refractivity (Wildman–Crippen MR) is 105 cm³/mol. The van der Waals surface area contributed by atoms with E-state index < -0.39 is 34.4 Å². The smallest absolute Gasteiger partial charge is 0.341 e. The number of aromatic nitrogens is 4. The second-order valence-corrected chi connectivity index (χ2v) is 6.82. The molecule has 0 saturated heterocycles. The zero-order valence-electron chi connectivity index (χ0n) is 16.7. The number of ether oxygens (including phenoxy) is 1. The number of benzene rings is 1. The second-order valence-electron chi connectivity index (χ2n) is 6.82. The highest BCUT2D eigenvalue weighted by Crippen LogP contribution is 2.16. The van der Waals surface area contributed by atoms with Gasteiger partial charge in [0, 0.05) is 19.2 Å². The summed E-state index contributed by atoms with van der Waals surface area (Å²) in [5.74, 6) is -2.58. The summed E-state index contributed by atoms with van der Waals surface area (Å²) < 4.78 is 35.0. The topological polar surface area (TPSA) is 99.0 Å². The van der Waals surface area contributed by atoms with E-state index >= 15 is 0 Å². The maximum atomic E-state index is 13.8. The van der Waals surface area contributed by atoms with E-state index in [0.717, 1.165) is 25.0 Å². The maximum absolute atomic E-state index is 13.8. The van der Waals surface area contributed by atoms with Gasteiger partial charge in [0.05, 0.1) is 5.56 Å². The van der Waals surface area contributed by atoms with Crippen LogP contribution in [0.25, 0.3) is 11.2 Å². The Morgan fingerprint density at radius 1 is 1.13 bits per heavy atom. The summed E-state index contributed by atoms with van der Waals surface area (Å²) in [5, 5.41) is 0. The summed E-state index contributed by atoms with van der Waals surface area (Å²) >= 11 is 0. The van der Waals surface area contributed by atoms with Crippen LogP contribution < -0.4 is 11.2 Å². The van der Waals surface area contributed by atoms with Crippen molar-refractivity contribution in [2.24, 2.45) is 0 Å². The van der Waals surface area contributed by atoms with Crippen molar-refractivity contribution in [3.05, 3.63) is 62.1 Å². The first-order valence-electron chi connectivity index (χ1n) is 9.71. The Bertz CT molecular complexity index is 1200. The Hall–Kier alpha value is -3.30. The molecule has 1 N–H and O–H groups in total. The molecule has 2 aromatic heterocycles. The first kappa shape index (κ1) is 21.4. The third kappa shape index (κ3) is 4.17. The fraction of sp³-hybridized carbons (Fsp3) is 0.400. The number of esters is 1. The minimum Gasteiger partial charge on any atom is -0.454 e. The van der Waals surface area contributed by atoms with Crippen LogP contribution in [0.2, 0.25) is 0 Å². The molecular weight excluding hydrogens is 398 g/mol. The molecule has 0 unspecified atom stereocenters. The van der Waals surface area contributed by atoms with Gasteiger partial charge in [-0.2, -0.15) is 0 Å². The average molecular weight is 420 g/mol. The second kappa shape index (κ2) is 9.02. The van der Waals surface area contributed by atoms with Crippen molar-refractivity contribution in [3.8, 4) is 0 Å². The van der Waals surface area contributed by atoms with Crippen LogP contribution in [-0.2, 0) is 24.4 Å². The van der Waals surface area contributed by atoms with Crippen LogP contribution in [0.5, 0.6) is 0 Å². The highest BCUT2D eigenvalue weighted by atomic mass is 19.1. The van der Waals surface area contributed by atoms with Crippen LogP contribution >= 0.6 is 0 Å². The van der Waals surface area contributed by atoms with E-state index in [2.05, 4.69) is 9.97 Å². The summed E-state index contributed by atoms with van der Waals surface area (Å²) in [6.45, 7) is 4.32. The highest BCUT2D eigenvalue weighted by Gasteiger charge is 2.20. The minimum atomic E-state index is -1.04. The minimum absolute atomic E-state index is 0.213. The van der Waals surface area contributed by atoms with Crippen molar-refractivity contribution in [2.45, 2.75) is 52.8 Å². The maximum Gasteiger partial charge on any atom is 0.341 e. The van der Waals surface area contributed by atoms with E-state index in [0.29, 0.717) is 25.6 Å². The number of carbonyl (C=O) groups excluding carboxylic acids is 1. The van der Waals surface area contributed by atoms with Gasteiger partial charge in [0.2, 0.25) is 0 Å². The SMILES string of the molecule is CCCCn1c(=O)[nH]c(=O)c2c1nc(COC(=O)c1ccc(F)cc1F)n2CCC. The molecule has 3 rings (SSSR count). The lowest BCUT2D eigenvalue weighted by Gasteiger charge is -2.09. The van der Waals surface area contributed by atoms with Crippen LogP contribution in [0.3, 0.4) is 0 Å². The third-order valence-corrected chi connectivity index (χ3v) is 4.63. The van der Waals surface area contributed by atoms with Gasteiger partial charge in [0.25, 0.3) is 5.56 Å². The van der Waals surface area contributed by atoms with Gasteiger partial charge in [-0.1, -0.05) is 20.3 Å². The van der Waals surface area contributed by atoms with E-state index in [-0.39, 0.29) is 23.6 Å². The summed E-state index contributed by atoms with van der Waals surface area (Å²) in [4.78, 5) is 43.6. The largest absolute Gasteiger partial charge is 0.454 e. The predicted octanol–water partition coefficient (Wildman–Crippen LogP) is 2.73. The monoisotopic (exact) mass is 420 g/mol. The van der Waals surface area contributed by atoms with Crippen molar-refractivity contribution >= 4 is 17.1 Å². The molecule has 1 aromatic carbocycles. The molecule has 0 amide bonds. The van der Waals surface area contributed by atoms with E-state index in [4.69, 9.17) is 4.74 Å². The van der Waals surface area contributed by atoms with Crippen LogP contribution in [0.1, 0.15) is 49.3 Å². The number of aromatic amines is 1. The number of hydrogen-bond donors (Lipinski definition) is 1. The summed E-state index contributed by atoms with van der Waals surface area (Å²) in [5.41, 5.74) is -1.12. The number of nitrogens with zero attached hydrogens (tertiary/aromatic N) is 3. The van der Waals surface area contributed by atoms with Gasteiger partial charge in [-0.25, -0.2) is 23.4 Å². The first-order chi connectivity index (χ1) is 14.4. The number of imidazole rings is 1. The lowest BCUT2D eigenvalue weighted by atomic mass is 10.2. The van der Waals surface area contributed by atoms with Crippen LogP contribution in [0.15, 0.2) is 27.8 Å². The fourth-order valence-electron chi connectivity index (χ4n) is 3.18. The first-order valence-corrected chi connectivity index (χ1v) is 9.71. The van der Waals surface area contributed by atoms with Gasteiger partial charge < -0.3 is 9.30 Å². The molecule has 0 saturated carbocycles. The number of rotatable bonds is 8. The Balaban J connectivity index is 1.99. The molecule has 0 atom stereocenters. The lowest BCUT2D eigenvalue weighted by molar-refractivity contribution is 0.0453. The van der Waals surface area contributed by atoms with Crippen LogP contribution in [0, 0.1) is 11.6 Å². The summed E-state index contributed by atoms with van der Waals surface area (Å²) in [7, 11) is 0. The standard InChI is InChI=1S/C20H22F2N4O4/c1-3-5-9-26-17-16(18(27)24-20(26)29)25(8-4-2)15(23-17)11-30-19(28)13-7-6-12(21)10-14(13)22/h6-7,10H,3-5,8-9,11H2,1-2H3,(H,24,27,29). The van der Waals surface area contributed by atoms with E-state index in [1.54, 1.807) is 4.57 Å². The quantitative estimate of drug-likeness (QED) is 0.565. The van der Waals surface area contributed by atoms with Gasteiger partial charge in [-0.15, -0.1) is 0 Å². The lowest BCUT2D eigenvalue weighted by Crippen LogP contribution is -2.31. The third-order valence-electron chi connectivity index (χ3n) is 4.63. The normalized spacial score (nSPS) is 11.2. The zero-order valence-corrected chi connectivity index (χ0v) is 16.7. The molecule has 0 fully saturated rings. The number of hydrogen-bond acceptors (Lipinski definition) is 5. The molecule has 160 valence electrons. The molecule has 30 heavy (non-hydrogen) atoms. The van der Waals surface area contributed by atoms with Crippen molar-refractivity contribution < 1.29 is 18.3 Å². The molecule has 0 aliphatic heterocycles. The summed E-state index contributed by atoms with van der Waals surface area (Å²) in [6.07, 6.45) is 2.22. The van der Waals surface area contributed by atoms with Crippen molar-refractivity contribution in [2.75, 3.05) is 0 Å². The molecule has 0 aliphatic carbocycles. The Kier molecular flexibility index (Phi) is 6.43. The average Bonchev–Trinajstić information content (AvgIpc) is 3.05. The molecule has 3 aromatic rings. The number of halogens is 2. The van der Waals surface area contributed by atoms with Crippen LogP contribution in [0.4, 0.5) is 8.78 Å². The molecular formula is C20H22F2N4O4. The van der Waals surface area contributed by atoms with Gasteiger partial charge >= 0.3 is 11.7 Å². The Morgan fingerprint density at radius 3 is 2.57 bits per heavy atom. The molecule has 2 heterocycles. The number of H-pyrrole nitrogens is 1. The van der Waals surface area contributed by atoms with Crippen LogP contribution in [-0.4, -0.2) is 25.1 Å². The van der Waals surface area contributed by atoms with E-state index in [1.165, 1.54) is 4.57 Å². The molecule has 0 aliphatic rings. The number of nitrogens with one attached hydrogen (secondary N) is 1. The molecule has 0 spiro atoms. The van der Waals surface area contributed by atoms with Crippen molar-refractivity contribution in [1.29, 1.82) is 0 Å². The summed E-state index contributed by atoms with van der Waals surface area (Å²) in [6, 6.07) is 2.54. The number of unbranched alkanes of at least 4 members (excludes halogenated alkanes) is 1. The van der Waals surface area contributed by atoms with Gasteiger partial charge in [0.15, 0.2) is 11.2 Å². The molecule has 8 nitrogen and oxygen atoms in total. The molecule has 10 heteroatoms. The van der Waals surface area contributed by atoms with Crippen molar-refractivity contribution in [3.63, 3.8) is 0 Å². The Labute approximate surface area is 170 Å². The molecule has 0 bridgehead atoms. The number of carbonyl (C=O) groups is 1. The van der Waals surface area contributed by atoms with E-state index in [9.17, 15) is 23.2 Å². The van der Waals surface area contributed by atoms with Gasteiger partial charge in [-0.05, 0) is 25.0 Å². The Morgan fingerprint density at radius 2 is 1.90 bits per heavy atom. The van der Waals surface area contributed by atoms with Gasteiger partial charge in [0.1, 0.15) is 24.1 Å². The van der Waals surface area contributed by atoms with Gasteiger partial charge in [-0.3, -0.25) is 14.3 Å². The van der Waals surface area contributed by atoms with Crippen molar-refractivity contribution in [1.82, 2.24) is 19.1 Å². The number of fused-ring (bicyclic) bond motifs is 1. The molecule has 0 radical (unpaired) electrons.